The molecule has 0 saturated heterocycles. The third-order valence-corrected chi connectivity index (χ3v) is 3.11. The maximum atomic E-state index is 11.9. The summed E-state index contributed by atoms with van der Waals surface area (Å²) >= 11 is 0. The van der Waals surface area contributed by atoms with Gasteiger partial charge in [0, 0.05) is 19.2 Å². The molecule has 0 bridgehead atoms. The molecule has 0 radical (unpaired) electrons. The van der Waals surface area contributed by atoms with Crippen molar-refractivity contribution in [3.05, 3.63) is 48.6 Å². The van der Waals surface area contributed by atoms with Crippen LogP contribution in [0.5, 0.6) is 0 Å². The molecule has 0 aliphatic heterocycles. The smallest absolute Gasteiger partial charge is 0.255 e. The first kappa shape index (κ1) is 17.2. The van der Waals surface area contributed by atoms with Crippen molar-refractivity contribution in [1.29, 1.82) is 0 Å². The van der Waals surface area contributed by atoms with Crippen LogP contribution in [0.25, 0.3) is 0 Å². The first-order chi connectivity index (χ1) is 11.6. The van der Waals surface area contributed by atoms with Crippen LogP contribution in [0.4, 0.5) is 5.82 Å². The van der Waals surface area contributed by atoms with Gasteiger partial charge in [-0.25, -0.2) is 4.98 Å². The van der Waals surface area contributed by atoms with E-state index in [1.165, 1.54) is 18.6 Å². The topological polar surface area (TPSA) is 113 Å². The lowest BCUT2D eigenvalue weighted by molar-refractivity contribution is -0.122. The van der Waals surface area contributed by atoms with Crippen molar-refractivity contribution < 1.29 is 18.8 Å². The number of aromatic nitrogens is 1. The highest BCUT2D eigenvalue weighted by Gasteiger charge is 2.17. The minimum Gasteiger partial charge on any atom is -0.472 e. The number of pyridine rings is 1. The lowest BCUT2D eigenvalue weighted by atomic mass is 10.2. The molecule has 3 amide bonds. The molecule has 0 aromatic carbocycles. The maximum absolute atomic E-state index is 11.9. The number of carbonyl (C=O) groups excluding carboxylic acids is 3. The Morgan fingerprint density at radius 1 is 1.25 bits per heavy atom. The predicted octanol–water partition coefficient (Wildman–Crippen LogP) is 0.938. The molecular weight excluding hydrogens is 312 g/mol. The normalized spacial score (nSPS) is 11.4. The van der Waals surface area contributed by atoms with E-state index in [-0.39, 0.29) is 24.8 Å². The quantitative estimate of drug-likeness (QED) is 0.699. The Morgan fingerprint density at radius 2 is 2.08 bits per heavy atom. The second-order valence-corrected chi connectivity index (χ2v) is 5.01. The van der Waals surface area contributed by atoms with Gasteiger partial charge in [-0.05, 0) is 25.1 Å². The molecule has 126 valence electrons. The molecule has 1 atom stereocenters. The van der Waals surface area contributed by atoms with Gasteiger partial charge in [0.05, 0.1) is 11.8 Å². The van der Waals surface area contributed by atoms with Crippen molar-refractivity contribution in [2.45, 2.75) is 19.4 Å². The molecule has 0 aliphatic carbocycles. The van der Waals surface area contributed by atoms with Gasteiger partial charge in [-0.3, -0.25) is 14.4 Å². The molecule has 3 N–H and O–H groups in total. The van der Waals surface area contributed by atoms with Crippen molar-refractivity contribution in [2.24, 2.45) is 0 Å². The van der Waals surface area contributed by atoms with Crippen LogP contribution < -0.4 is 16.0 Å². The fourth-order valence-corrected chi connectivity index (χ4v) is 1.83. The van der Waals surface area contributed by atoms with Crippen LogP contribution in [-0.2, 0) is 9.59 Å². The summed E-state index contributed by atoms with van der Waals surface area (Å²) in [5.41, 5.74) is 0.337. The van der Waals surface area contributed by atoms with Gasteiger partial charge in [0.2, 0.25) is 11.8 Å². The van der Waals surface area contributed by atoms with Crippen molar-refractivity contribution in [3.8, 4) is 0 Å². The standard InChI is InChI=1S/C16H18N4O4/c1-11(19-16(23)12-6-9-24-10-12)15(22)18-8-5-14(21)20-13-4-2-3-7-17-13/h2-4,6-7,9-11H,5,8H2,1H3,(H,18,22)(H,19,23)(H,17,20,21)/t11-/m0/s1. The average molecular weight is 330 g/mol. The summed E-state index contributed by atoms with van der Waals surface area (Å²) in [5.74, 6) is -0.588. The Bertz CT molecular complexity index is 685. The van der Waals surface area contributed by atoms with Gasteiger partial charge in [0.15, 0.2) is 0 Å². The lowest BCUT2D eigenvalue weighted by Gasteiger charge is -2.13. The largest absolute Gasteiger partial charge is 0.472 e. The molecule has 2 rings (SSSR count). The molecule has 0 aliphatic rings. The summed E-state index contributed by atoms with van der Waals surface area (Å²) in [4.78, 5) is 39.4. The maximum Gasteiger partial charge on any atom is 0.255 e. The summed E-state index contributed by atoms with van der Waals surface area (Å²) in [7, 11) is 0. The molecule has 24 heavy (non-hydrogen) atoms. The Hall–Kier alpha value is -3.16. The number of nitrogens with one attached hydrogen (secondary N) is 3. The predicted molar refractivity (Wildman–Crippen MR) is 86.1 cm³/mol. The van der Waals surface area contributed by atoms with Crippen molar-refractivity contribution in [3.63, 3.8) is 0 Å². The average Bonchev–Trinajstić information content (AvgIpc) is 3.10. The van der Waals surface area contributed by atoms with Crippen molar-refractivity contribution in [1.82, 2.24) is 15.6 Å². The fourth-order valence-electron chi connectivity index (χ4n) is 1.83. The number of rotatable bonds is 7. The van der Waals surface area contributed by atoms with Crippen LogP contribution in [-0.4, -0.2) is 35.3 Å². The van der Waals surface area contributed by atoms with Crippen LogP contribution in [0.3, 0.4) is 0 Å². The highest BCUT2D eigenvalue weighted by atomic mass is 16.3. The number of hydrogen-bond acceptors (Lipinski definition) is 5. The SMILES string of the molecule is C[C@H](NC(=O)c1ccoc1)C(=O)NCCC(=O)Nc1ccccn1. The van der Waals surface area contributed by atoms with E-state index in [1.54, 1.807) is 31.3 Å². The van der Waals surface area contributed by atoms with E-state index in [0.717, 1.165) is 0 Å². The monoisotopic (exact) mass is 330 g/mol. The molecule has 2 aromatic heterocycles. The molecule has 8 nitrogen and oxygen atoms in total. The minimum absolute atomic E-state index is 0.102. The highest BCUT2D eigenvalue weighted by molar-refractivity contribution is 5.97. The highest BCUT2D eigenvalue weighted by Crippen LogP contribution is 2.01. The number of carbonyl (C=O) groups is 3. The van der Waals surface area contributed by atoms with E-state index in [4.69, 9.17) is 4.42 Å². The van der Waals surface area contributed by atoms with Gasteiger partial charge in [0.25, 0.3) is 5.91 Å². The summed E-state index contributed by atoms with van der Waals surface area (Å²) in [6.07, 6.45) is 4.34. The van der Waals surface area contributed by atoms with Crippen LogP contribution >= 0.6 is 0 Å². The zero-order chi connectivity index (χ0) is 17.4. The second kappa shape index (κ2) is 8.47. The van der Waals surface area contributed by atoms with Gasteiger partial charge in [-0.15, -0.1) is 0 Å². The first-order valence-electron chi connectivity index (χ1n) is 7.38. The number of nitrogens with zero attached hydrogens (tertiary/aromatic N) is 1. The second-order valence-electron chi connectivity index (χ2n) is 5.01. The van der Waals surface area contributed by atoms with E-state index in [1.807, 2.05) is 0 Å². The first-order valence-corrected chi connectivity index (χ1v) is 7.38. The van der Waals surface area contributed by atoms with Crippen LogP contribution in [0, 0.1) is 0 Å². The van der Waals surface area contributed by atoms with Gasteiger partial charge in [0.1, 0.15) is 18.1 Å². The zero-order valence-corrected chi connectivity index (χ0v) is 13.1. The lowest BCUT2D eigenvalue weighted by Crippen LogP contribution is -2.45. The van der Waals surface area contributed by atoms with Crippen LogP contribution in [0.1, 0.15) is 23.7 Å². The summed E-state index contributed by atoms with van der Waals surface area (Å²) in [6, 6.07) is 5.95. The third kappa shape index (κ3) is 5.24. The number of furan rings is 1. The van der Waals surface area contributed by atoms with Crippen LogP contribution in [0.15, 0.2) is 47.4 Å². The molecular formula is C16H18N4O4. The Kier molecular flexibility index (Phi) is 6.07. The van der Waals surface area contributed by atoms with Crippen LogP contribution in [0.2, 0.25) is 0 Å². The van der Waals surface area contributed by atoms with Gasteiger partial charge < -0.3 is 20.4 Å². The van der Waals surface area contributed by atoms with Crippen molar-refractivity contribution >= 4 is 23.5 Å². The molecule has 8 heteroatoms. The summed E-state index contributed by atoms with van der Waals surface area (Å²) < 4.78 is 4.81. The summed E-state index contributed by atoms with van der Waals surface area (Å²) in [5, 5.41) is 7.74. The molecule has 2 aromatic rings. The zero-order valence-electron chi connectivity index (χ0n) is 13.1. The van der Waals surface area contributed by atoms with E-state index in [0.29, 0.717) is 11.4 Å². The molecule has 0 spiro atoms. The molecule has 0 fully saturated rings. The fraction of sp³-hybridized carbons (Fsp3) is 0.250. The Labute approximate surface area is 138 Å². The van der Waals surface area contributed by atoms with Crippen molar-refractivity contribution in [2.75, 3.05) is 11.9 Å². The Morgan fingerprint density at radius 3 is 2.75 bits per heavy atom. The molecule has 0 saturated carbocycles. The summed E-state index contributed by atoms with van der Waals surface area (Å²) in [6.45, 7) is 1.71. The van der Waals surface area contributed by atoms with Gasteiger partial charge in [-0.2, -0.15) is 0 Å². The molecule has 2 heterocycles. The van der Waals surface area contributed by atoms with E-state index >= 15 is 0 Å². The van der Waals surface area contributed by atoms with E-state index in [2.05, 4.69) is 20.9 Å². The van der Waals surface area contributed by atoms with E-state index in [9.17, 15) is 14.4 Å². The number of amides is 3. The van der Waals surface area contributed by atoms with Gasteiger partial charge in [-0.1, -0.05) is 6.07 Å². The number of hydrogen-bond donors (Lipinski definition) is 3. The Balaban J connectivity index is 1.68. The van der Waals surface area contributed by atoms with Gasteiger partial charge >= 0.3 is 0 Å². The minimum atomic E-state index is -0.730. The van der Waals surface area contributed by atoms with E-state index < -0.39 is 11.9 Å². The third-order valence-electron chi connectivity index (χ3n) is 3.11. The number of anilines is 1. The molecule has 0 unspecified atom stereocenters.